The lowest BCUT2D eigenvalue weighted by molar-refractivity contribution is 0.00578. The van der Waals surface area contributed by atoms with Crippen LogP contribution >= 0.6 is 22.7 Å². The van der Waals surface area contributed by atoms with Crippen LogP contribution in [-0.2, 0) is 18.6 Å². The van der Waals surface area contributed by atoms with E-state index in [1.165, 1.54) is 0 Å². The second-order valence-corrected chi connectivity index (χ2v) is 12.1. The van der Waals surface area contributed by atoms with Crippen molar-refractivity contribution in [1.82, 2.24) is 0 Å². The van der Waals surface area contributed by atoms with Crippen molar-refractivity contribution in [2.45, 2.75) is 77.8 Å². The largest absolute Gasteiger partial charge is 0.505 e. The van der Waals surface area contributed by atoms with Gasteiger partial charge >= 0.3 is 14.2 Å². The first-order valence-corrected chi connectivity index (χ1v) is 11.9. The predicted octanol–water partition coefficient (Wildman–Crippen LogP) is 3.81. The van der Waals surface area contributed by atoms with E-state index in [4.69, 9.17) is 18.6 Å². The average Bonchev–Trinajstić information content (AvgIpc) is 3.33. The van der Waals surface area contributed by atoms with Crippen LogP contribution in [0.15, 0.2) is 24.3 Å². The maximum absolute atomic E-state index is 6.13. The van der Waals surface area contributed by atoms with Crippen LogP contribution in [0.1, 0.15) is 65.1 Å². The van der Waals surface area contributed by atoms with Crippen LogP contribution < -0.4 is 9.55 Å². The molecule has 0 unspecified atom stereocenters. The van der Waals surface area contributed by atoms with E-state index in [9.17, 15) is 0 Å². The van der Waals surface area contributed by atoms with Gasteiger partial charge in [0.2, 0.25) is 0 Å². The van der Waals surface area contributed by atoms with E-state index < -0.39 is 0 Å². The molecule has 0 amide bonds. The molecule has 0 radical (unpaired) electrons. The summed E-state index contributed by atoms with van der Waals surface area (Å²) in [6.07, 6.45) is 0. The van der Waals surface area contributed by atoms with Crippen molar-refractivity contribution in [1.29, 1.82) is 0 Å². The lowest BCUT2D eigenvalue weighted by Gasteiger charge is -2.32. The topological polar surface area (TPSA) is 36.9 Å². The Kier molecular flexibility index (Phi) is 5.33. The monoisotopic (exact) mass is 442 g/mol. The highest BCUT2D eigenvalue weighted by molar-refractivity contribution is 7.23. The van der Waals surface area contributed by atoms with Gasteiger partial charge in [0.05, 0.1) is 32.2 Å². The zero-order valence-electron chi connectivity index (χ0n) is 18.9. The highest BCUT2D eigenvalue weighted by atomic mass is 32.1. The summed E-state index contributed by atoms with van der Waals surface area (Å²) in [5, 5.41) is 0. The lowest BCUT2D eigenvalue weighted by Crippen LogP contribution is -2.41. The van der Waals surface area contributed by atoms with Gasteiger partial charge in [-0.15, -0.1) is 22.7 Å². The Balaban J connectivity index is 1.45. The average molecular weight is 442 g/mol. The number of rotatable bonds is 2. The highest BCUT2D eigenvalue weighted by Crippen LogP contribution is 2.38. The van der Waals surface area contributed by atoms with Gasteiger partial charge in [0, 0.05) is 9.55 Å². The molecule has 0 aromatic carbocycles. The van der Waals surface area contributed by atoms with Crippen LogP contribution in [0, 0.1) is 11.8 Å². The minimum Gasteiger partial charge on any atom is -0.399 e. The number of hydrogen-bond acceptors (Lipinski definition) is 6. The summed E-state index contributed by atoms with van der Waals surface area (Å²) in [6.45, 7) is 16.5. The van der Waals surface area contributed by atoms with Crippen molar-refractivity contribution in [3.63, 3.8) is 0 Å². The van der Waals surface area contributed by atoms with Crippen LogP contribution in [0.5, 0.6) is 0 Å². The molecule has 0 saturated carbocycles. The molecule has 2 aliphatic heterocycles. The van der Waals surface area contributed by atoms with E-state index in [0.717, 1.165) is 19.3 Å². The fourth-order valence-corrected chi connectivity index (χ4v) is 4.78. The van der Waals surface area contributed by atoms with Gasteiger partial charge in [-0.2, -0.15) is 0 Å². The molecule has 2 saturated heterocycles. The Morgan fingerprint density at radius 3 is 1.17 bits per heavy atom. The summed E-state index contributed by atoms with van der Waals surface area (Å²) in [5.41, 5.74) is -1.36. The zero-order valence-corrected chi connectivity index (χ0v) is 20.5. The summed E-state index contributed by atoms with van der Waals surface area (Å²) in [6, 6.07) is 8.14. The molecule has 0 atom stereocenters. The van der Waals surface area contributed by atoms with E-state index in [2.05, 4.69) is 67.2 Å². The third-order valence-corrected chi connectivity index (χ3v) is 8.58. The molecule has 30 heavy (non-hydrogen) atoms. The second kappa shape index (κ2) is 7.23. The van der Waals surface area contributed by atoms with Gasteiger partial charge in [-0.3, -0.25) is 0 Å². The van der Waals surface area contributed by atoms with Crippen molar-refractivity contribution in [2.24, 2.45) is 0 Å². The standard InChI is InChI=1S/C22H28B2O4S2/c1-19(2)20(3,4)26-23(25-19)17-13-11-15(29-17)9-10-16-12-14-18(30-16)24-27-21(5,6)22(7,8)28-24/h11-14H,1-8H3. The summed E-state index contributed by atoms with van der Waals surface area (Å²) in [5.74, 6) is 6.54. The van der Waals surface area contributed by atoms with Crippen LogP contribution in [0.3, 0.4) is 0 Å². The first-order chi connectivity index (χ1) is 13.8. The number of hydrogen-bond donors (Lipinski definition) is 0. The third kappa shape index (κ3) is 3.92. The fourth-order valence-electron chi connectivity index (χ4n) is 3.14. The molecule has 2 aromatic heterocycles. The molecule has 0 spiro atoms. The smallest absolute Gasteiger partial charge is 0.399 e. The van der Waals surface area contributed by atoms with Crippen LogP contribution in [0.4, 0.5) is 0 Å². The molecular formula is C22H28B2O4S2. The molecule has 0 N–H and O–H groups in total. The van der Waals surface area contributed by atoms with Crippen LogP contribution in [-0.4, -0.2) is 36.6 Å². The maximum atomic E-state index is 6.13. The minimum absolute atomic E-state index is 0.339. The van der Waals surface area contributed by atoms with E-state index in [1.807, 2.05) is 24.3 Å². The Labute approximate surface area is 188 Å². The molecular weight excluding hydrogens is 414 g/mol. The minimum atomic E-state index is -0.340. The van der Waals surface area contributed by atoms with E-state index in [-0.39, 0.29) is 36.6 Å². The van der Waals surface area contributed by atoms with Crippen molar-refractivity contribution in [3.05, 3.63) is 34.0 Å². The Hall–Kier alpha value is -1.07. The van der Waals surface area contributed by atoms with E-state index >= 15 is 0 Å². The Bertz CT molecular complexity index is 899. The summed E-state index contributed by atoms with van der Waals surface area (Å²) in [7, 11) is -0.681. The van der Waals surface area contributed by atoms with Crippen molar-refractivity contribution in [3.8, 4) is 11.8 Å². The first kappa shape index (κ1) is 22.1. The highest BCUT2D eigenvalue weighted by Gasteiger charge is 2.53. The zero-order chi connectivity index (χ0) is 21.9. The second-order valence-electron chi connectivity index (χ2n) is 9.83. The summed E-state index contributed by atoms with van der Waals surface area (Å²) >= 11 is 3.23. The summed E-state index contributed by atoms with van der Waals surface area (Å²) in [4.78, 5) is 1.98. The maximum Gasteiger partial charge on any atom is 0.505 e. The van der Waals surface area contributed by atoms with Crippen molar-refractivity contribution >= 4 is 46.5 Å². The Morgan fingerprint density at radius 1 is 0.567 bits per heavy atom. The van der Waals surface area contributed by atoms with Gasteiger partial charge in [0.1, 0.15) is 0 Å². The van der Waals surface area contributed by atoms with Crippen molar-refractivity contribution in [2.75, 3.05) is 0 Å². The molecule has 4 rings (SSSR count). The first-order valence-electron chi connectivity index (χ1n) is 10.2. The number of thiophene rings is 2. The van der Waals surface area contributed by atoms with Crippen LogP contribution in [0.2, 0.25) is 0 Å². The SMILES string of the molecule is CC1(C)OB(c2ccc(C#Cc3ccc(B4OC(C)(C)C(C)(C)O4)s3)s2)OC1(C)C. The molecule has 0 aliphatic carbocycles. The Morgan fingerprint density at radius 2 is 0.867 bits per heavy atom. The molecule has 4 heterocycles. The van der Waals surface area contributed by atoms with Gasteiger partial charge in [0.15, 0.2) is 0 Å². The van der Waals surface area contributed by atoms with Gasteiger partial charge in [-0.1, -0.05) is 12.1 Å². The molecule has 158 valence electrons. The van der Waals surface area contributed by atoms with Crippen LogP contribution in [0.25, 0.3) is 0 Å². The molecule has 2 fully saturated rings. The molecule has 4 nitrogen and oxygen atoms in total. The molecule has 8 heteroatoms. The lowest BCUT2D eigenvalue weighted by atomic mass is 9.88. The normalized spacial score (nSPS) is 23.5. The quantitative estimate of drug-likeness (QED) is 0.524. The molecule has 0 bridgehead atoms. The fraction of sp³-hybridized carbons (Fsp3) is 0.545. The molecule has 2 aliphatic rings. The van der Waals surface area contributed by atoms with Gasteiger partial charge in [-0.25, -0.2) is 0 Å². The van der Waals surface area contributed by atoms with Gasteiger partial charge in [-0.05, 0) is 79.4 Å². The summed E-state index contributed by atoms with van der Waals surface area (Å²) < 4.78 is 26.6. The van der Waals surface area contributed by atoms with E-state index in [0.29, 0.717) is 0 Å². The predicted molar refractivity (Wildman–Crippen MR) is 126 cm³/mol. The van der Waals surface area contributed by atoms with E-state index in [1.54, 1.807) is 22.7 Å². The van der Waals surface area contributed by atoms with Gasteiger partial charge in [0.25, 0.3) is 0 Å². The van der Waals surface area contributed by atoms with Gasteiger partial charge < -0.3 is 18.6 Å². The third-order valence-electron chi connectivity index (χ3n) is 6.53. The molecule has 2 aromatic rings. The van der Waals surface area contributed by atoms with Crippen molar-refractivity contribution < 1.29 is 18.6 Å².